The number of anilines is 3. The van der Waals surface area contributed by atoms with E-state index < -0.39 is 8.07 Å². The molecule has 0 saturated carbocycles. The molecule has 0 amide bonds. The Hall–Kier alpha value is -5.94. The van der Waals surface area contributed by atoms with Gasteiger partial charge in [0.25, 0.3) is 0 Å². The van der Waals surface area contributed by atoms with E-state index in [1.807, 2.05) is 17.4 Å². The number of thiophene rings is 1. The highest BCUT2D eigenvalue weighted by Crippen LogP contribution is 2.45. The molecule has 246 valence electrons. The van der Waals surface area contributed by atoms with Crippen LogP contribution in [0.25, 0.3) is 75.1 Å². The lowest BCUT2D eigenvalue weighted by atomic mass is 10.00. The average molecular weight is 700 g/mol. The molecular formula is C48H33NOSSi. The Kier molecular flexibility index (Phi) is 6.31. The van der Waals surface area contributed by atoms with E-state index in [4.69, 9.17) is 4.42 Å². The topological polar surface area (TPSA) is 16.4 Å². The highest BCUT2D eigenvalue weighted by molar-refractivity contribution is 7.26. The zero-order valence-corrected chi connectivity index (χ0v) is 30.7. The van der Waals surface area contributed by atoms with Crippen molar-refractivity contribution in [3.05, 3.63) is 164 Å². The molecule has 4 heteroatoms. The number of hydrogen-bond acceptors (Lipinski definition) is 3. The molecule has 11 rings (SSSR count). The number of benzene rings is 8. The third kappa shape index (κ3) is 4.35. The molecule has 8 aromatic carbocycles. The third-order valence-electron chi connectivity index (χ3n) is 11.2. The SMILES string of the molecule is C[Si]1(C)c2cc(N(c3cccc(-c4ccc5ccccc5c4)c3)c3ccc4oc5ccccc5c4c3)ccc2-c2c1ccc1c2sc2ccccc21. The van der Waals surface area contributed by atoms with Crippen molar-refractivity contribution in [3.8, 4) is 22.3 Å². The maximum atomic E-state index is 6.28. The van der Waals surface area contributed by atoms with Gasteiger partial charge in [0.1, 0.15) is 19.2 Å². The minimum absolute atomic E-state index is 0.903. The number of fused-ring (bicyclic) bond motifs is 11. The molecule has 0 unspecified atom stereocenters. The highest BCUT2D eigenvalue weighted by Gasteiger charge is 2.39. The van der Waals surface area contributed by atoms with Crippen molar-refractivity contribution in [1.82, 2.24) is 0 Å². The number of hydrogen-bond donors (Lipinski definition) is 0. The molecular weight excluding hydrogens is 667 g/mol. The summed E-state index contributed by atoms with van der Waals surface area (Å²) in [5.41, 5.74) is 10.5. The lowest BCUT2D eigenvalue weighted by molar-refractivity contribution is 0.669. The summed E-state index contributed by atoms with van der Waals surface area (Å²) in [5.74, 6) is 0. The Labute approximate surface area is 306 Å². The highest BCUT2D eigenvalue weighted by atomic mass is 32.1. The van der Waals surface area contributed by atoms with Crippen LogP contribution in [0.3, 0.4) is 0 Å². The van der Waals surface area contributed by atoms with Gasteiger partial charge in [0.2, 0.25) is 0 Å². The summed E-state index contributed by atoms with van der Waals surface area (Å²) < 4.78 is 9.06. The molecule has 1 aliphatic heterocycles. The largest absolute Gasteiger partial charge is 0.456 e. The Morgan fingerprint density at radius 3 is 2.13 bits per heavy atom. The van der Waals surface area contributed by atoms with Gasteiger partial charge in [-0.1, -0.05) is 116 Å². The first-order chi connectivity index (χ1) is 25.5. The van der Waals surface area contributed by atoms with E-state index in [2.05, 4.69) is 176 Å². The Morgan fingerprint density at radius 1 is 0.481 bits per heavy atom. The van der Waals surface area contributed by atoms with Crippen molar-refractivity contribution in [2.45, 2.75) is 13.1 Å². The van der Waals surface area contributed by atoms with E-state index in [0.717, 1.165) is 33.3 Å². The molecule has 2 aromatic heterocycles. The van der Waals surface area contributed by atoms with Gasteiger partial charge in [-0.05, 0) is 104 Å². The minimum atomic E-state index is -2.02. The first-order valence-electron chi connectivity index (χ1n) is 17.9. The van der Waals surface area contributed by atoms with Gasteiger partial charge in [0.15, 0.2) is 0 Å². The van der Waals surface area contributed by atoms with E-state index in [1.165, 1.54) is 69.3 Å². The van der Waals surface area contributed by atoms with Crippen LogP contribution in [0.4, 0.5) is 17.1 Å². The summed E-state index contributed by atoms with van der Waals surface area (Å²) in [4.78, 5) is 2.44. The van der Waals surface area contributed by atoms with Gasteiger partial charge in [-0.25, -0.2) is 0 Å². The predicted octanol–water partition coefficient (Wildman–Crippen LogP) is 13.0. The molecule has 0 spiro atoms. The fourth-order valence-electron chi connectivity index (χ4n) is 8.62. The summed E-state index contributed by atoms with van der Waals surface area (Å²) in [5, 5.41) is 10.5. The summed E-state index contributed by atoms with van der Waals surface area (Å²) in [6, 6.07) is 60.2. The molecule has 1 aliphatic rings. The standard InChI is InChI=1S/C48H33NOSSi/c1-52(2)45-25-23-39-38-15-6-8-17-44(38)51-48(39)47(45)40-22-20-36(29-46(40)52)49(35-21-24-43-41(28-35)37-14-5-7-16-42(37)50-43)34-13-9-12-32(27-34)33-19-18-30-10-3-4-11-31(30)26-33/h3-29H,1-2H3. The van der Waals surface area contributed by atoms with Crippen LogP contribution in [-0.4, -0.2) is 8.07 Å². The predicted molar refractivity (Wildman–Crippen MR) is 226 cm³/mol. The van der Waals surface area contributed by atoms with E-state index in [1.54, 1.807) is 0 Å². The van der Waals surface area contributed by atoms with Crippen LogP contribution in [0, 0.1) is 0 Å². The van der Waals surface area contributed by atoms with Crippen LogP contribution < -0.4 is 15.3 Å². The van der Waals surface area contributed by atoms with Gasteiger partial charge >= 0.3 is 0 Å². The Morgan fingerprint density at radius 2 is 1.21 bits per heavy atom. The van der Waals surface area contributed by atoms with Gasteiger partial charge in [-0.3, -0.25) is 0 Å². The molecule has 0 aliphatic carbocycles. The summed E-state index contributed by atoms with van der Waals surface area (Å²) in [7, 11) is -2.02. The van der Waals surface area contributed by atoms with Crippen molar-refractivity contribution < 1.29 is 4.42 Å². The van der Waals surface area contributed by atoms with E-state index in [-0.39, 0.29) is 0 Å². The van der Waals surface area contributed by atoms with Crippen molar-refractivity contribution in [2.75, 3.05) is 4.90 Å². The zero-order chi connectivity index (χ0) is 34.6. The lowest BCUT2D eigenvalue weighted by Gasteiger charge is -2.28. The first-order valence-corrected chi connectivity index (χ1v) is 21.7. The molecule has 0 atom stereocenters. The molecule has 52 heavy (non-hydrogen) atoms. The van der Waals surface area contributed by atoms with Crippen LogP contribution in [-0.2, 0) is 0 Å². The molecule has 0 fully saturated rings. The van der Waals surface area contributed by atoms with E-state index in [9.17, 15) is 0 Å². The number of furan rings is 1. The summed E-state index contributed by atoms with van der Waals surface area (Å²) in [6.45, 7) is 5.05. The molecule has 0 bridgehead atoms. The monoisotopic (exact) mass is 699 g/mol. The Bertz CT molecular complexity index is 3080. The third-order valence-corrected chi connectivity index (χ3v) is 16.0. The fourth-order valence-corrected chi connectivity index (χ4v) is 13.0. The van der Waals surface area contributed by atoms with Crippen LogP contribution in [0.15, 0.2) is 168 Å². The second-order valence-electron chi connectivity index (χ2n) is 14.5. The van der Waals surface area contributed by atoms with Gasteiger partial charge in [-0.2, -0.15) is 0 Å². The van der Waals surface area contributed by atoms with Crippen molar-refractivity contribution >= 4 is 99.7 Å². The number of para-hydroxylation sites is 1. The molecule has 0 radical (unpaired) electrons. The van der Waals surface area contributed by atoms with Crippen molar-refractivity contribution in [1.29, 1.82) is 0 Å². The first kappa shape index (κ1) is 29.8. The van der Waals surface area contributed by atoms with Crippen molar-refractivity contribution in [2.24, 2.45) is 0 Å². The molecule has 3 heterocycles. The second-order valence-corrected chi connectivity index (χ2v) is 19.9. The van der Waals surface area contributed by atoms with Gasteiger partial charge in [0.05, 0.1) is 0 Å². The van der Waals surface area contributed by atoms with Crippen LogP contribution in [0.1, 0.15) is 0 Å². The summed E-state index contributed by atoms with van der Waals surface area (Å²) in [6.07, 6.45) is 0. The maximum Gasteiger partial charge on any atom is 0.135 e. The Balaban J connectivity index is 1.12. The normalized spacial score (nSPS) is 13.3. The van der Waals surface area contributed by atoms with E-state index in [0.29, 0.717) is 0 Å². The van der Waals surface area contributed by atoms with E-state index >= 15 is 0 Å². The number of rotatable bonds is 4. The lowest BCUT2D eigenvalue weighted by Crippen LogP contribution is -2.49. The average Bonchev–Trinajstić information content (AvgIpc) is 3.82. The fraction of sp³-hybridized carbons (Fsp3) is 0.0417. The maximum absolute atomic E-state index is 6.28. The zero-order valence-electron chi connectivity index (χ0n) is 28.9. The minimum Gasteiger partial charge on any atom is -0.456 e. The van der Waals surface area contributed by atoms with Crippen LogP contribution in [0.5, 0.6) is 0 Å². The number of nitrogens with zero attached hydrogens (tertiary/aromatic N) is 1. The van der Waals surface area contributed by atoms with Gasteiger partial charge < -0.3 is 9.32 Å². The van der Waals surface area contributed by atoms with Gasteiger partial charge in [0, 0.05) is 48.0 Å². The smallest absolute Gasteiger partial charge is 0.135 e. The second kappa shape index (κ2) is 11.0. The molecule has 10 aromatic rings. The summed E-state index contributed by atoms with van der Waals surface area (Å²) >= 11 is 1.94. The van der Waals surface area contributed by atoms with Gasteiger partial charge in [-0.15, -0.1) is 11.3 Å². The van der Waals surface area contributed by atoms with Crippen molar-refractivity contribution in [3.63, 3.8) is 0 Å². The van der Waals surface area contributed by atoms with Crippen LogP contribution >= 0.6 is 11.3 Å². The molecule has 0 saturated heterocycles. The van der Waals surface area contributed by atoms with Crippen LogP contribution in [0.2, 0.25) is 13.1 Å². The molecule has 2 nitrogen and oxygen atoms in total. The molecule has 0 N–H and O–H groups in total. The quantitative estimate of drug-likeness (QED) is 0.170.